The molecule has 0 saturated carbocycles. The molecule has 0 radical (unpaired) electrons. The van der Waals surface area contributed by atoms with Gasteiger partial charge in [-0.3, -0.25) is 4.79 Å². The summed E-state index contributed by atoms with van der Waals surface area (Å²) in [6.45, 7) is 0. The van der Waals surface area contributed by atoms with Gasteiger partial charge < -0.3 is 0 Å². The highest BCUT2D eigenvalue weighted by molar-refractivity contribution is 6.17. The first kappa shape index (κ1) is 8.76. The molecule has 0 aliphatic heterocycles. The van der Waals surface area contributed by atoms with Crippen LogP contribution in [-0.2, 0) is 12.3 Å². The number of aryl methyl sites for hydroxylation is 1. The molecule has 0 saturated heterocycles. The van der Waals surface area contributed by atoms with Crippen LogP contribution in [0.5, 0.6) is 0 Å². The van der Waals surface area contributed by atoms with Crippen molar-refractivity contribution in [1.29, 1.82) is 0 Å². The van der Waals surface area contributed by atoms with Crippen LogP contribution >= 0.6 is 11.6 Å². The van der Waals surface area contributed by atoms with E-state index in [1.54, 1.807) is 0 Å². The highest BCUT2D eigenvalue weighted by atomic mass is 35.5. The minimum atomic E-state index is 0.280. The molecule has 1 aliphatic carbocycles. The van der Waals surface area contributed by atoms with Gasteiger partial charge in [-0.1, -0.05) is 18.2 Å². The normalized spacial score (nSPS) is 15.6. The maximum Gasteiger partial charge on any atom is 0.163 e. The molecular formula is C11H11ClO. The van der Waals surface area contributed by atoms with Crippen molar-refractivity contribution in [2.75, 3.05) is 0 Å². The fourth-order valence-corrected chi connectivity index (χ4v) is 1.95. The molecule has 2 heteroatoms. The van der Waals surface area contributed by atoms with Gasteiger partial charge in [0.05, 0.1) is 0 Å². The van der Waals surface area contributed by atoms with E-state index in [1.165, 1.54) is 5.56 Å². The van der Waals surface area contributed by atoms with E-state index in [0.29, 0.717) is 12.3 Å². The Bertz CT molecular complexity index is 344. The number of halogens is 1. The lowest BCUT2D eigenvalue weighted by atomic mass is 9.90. The second-order valence-electron chi connectivity index (χ2n) is 3.40. The number of carbonyl (C=O) groups is 1. The molecule has 1 aromatic rings. The molecule has 0 heterocycles. The molecule has 0 unspecified atom stereocenters. The maximum absolute atomic E-state index is 11.5. The Hall–Kier alpha value is -0.820. The first-order valence-corrected chi connectivity index (χ1v) is 5.05. The zero-order valence-corrected chi connectivity index (χ0v) is 8.10. The molecule has 1 nitrogen and oxygen atoms in total. The quantitative estimate of drug-likeness (QED) is 0.629. The molecule has 0 amide bonds. The number of rotatable bonds is 1. The molecule has 68 valence electrons. The fourth-order valence-electron chi connectivity index (χ4n) is 1.78. The van der Waals surface area contributed by atoms with Gasteiger partial charge in [0, 0.05) is 17.9 Å². The molecule has 0 aromatic heterocycles. The lowest BCUT2D eigenvalue weighted by Crippen LogP contribution is -2.10. The predicted octanol–water partition coefficient (Wildman–Crippen LogP) is 2.94. The molecule has 0 N–H and O–H groups in total. The number of benzene rings is 1. The van der Waals surface area contributed by atoms with Crippen molar-refractivity contribution >= 4 is 17.4 Å². The first-order chi connectivity index (χ1) is 6.31. The average Bonchev–Trinajstić information content (AvgIpc) is 2.18. The third-order valence-corrected chi connectivity index (χ3v) is 2.78. The SMILES string of the molecule is O=C1CCCc2cc(CCl)ccc21. The van der Waals surface area contributed by atoms with Gasteiger partial charge in [-0.2, -0.15) is 0 Å². The Labute approximate surface area is 82.7 Å². The molecular weight excluding hydrogens is 184 g/mol. The van der Waals surface area contributed by atoms with Crippen molar-refractivity contribution in [2.45, 2.75) is 25.1 Å². The van der Waals surface area contributed by atoms with Crippen molar-refractivity contribution < 1.29 is 4.79 Å². The summed E-state index contributed by atoms with van der Waals surface area (Å²) in [5.74, 6) is 0.809. The summed E-state index contributed by atoms with van der Waals surface area (Å²) in [5, 5.41) is 0. The van der Waals surface area contributed by atoms with Gasteiger partial charge in [0.15, 0.2) is 5.78 Å². The third-order valence-electron chi connectivity index (χ3n) is 2.47. The predicted molar refractivity (Wildman–Crippen MR) is 53.3 cm³/mol. The van der Waals surface area contributed by atoms with E-state index in [9.17, 15) is 4.79 Å². The average molecular weight is 195 g/mol. The third kappa shape index (κ3) is 1.61. The number of Topliss-reactive ketones (excluding diaryl/α,β-unsaturated/α-hetero) is 1. The Morgan fingerprint density at radius 3 is 2.92 bits per heavy atom. The second kappa shape index (κ2) is 3.51. The van der Waals surface area contributed by atoms with Gasteiger partial charge in [-0.15, -0.1) is 11.6 Å². The van der Waals surface area contributed by atoms with E-state index < -0.39 is 0 Å². The van der Waals surface area contributed by atoms with Crippen LogP contribution in [0.2, 0.25) is 0 Å². The summed E-state index contributed by atoms with van der Waals surface area (Å²) < 4.78 is 0. The van der Waals surface area contributed by atoms with Crippen LogP contribution < -0.4 is 0 Å². The van der Waals surface area contributed by atoms with E-state index in [4.69, 9.17) is 11.6 Å². The fraction of sp³-hybridized carbons (Fsp3) is 0.364. The zero-order chi connectivity index (χ0) is 9.26. The van der Waals surface area contributed by atoms with E-state index >= 15 is 0 Å². The number of hydrogen-bond acceptors (Lipinski definition) is 1. The van der Waals surface area contributed by atoms with E-state index in [0.717, 1.165) is 24.0 Å². The second-order valence-corrected chi connectivity index (χ2v) is 3.67. The molecule has 0 bridgehead atoms. The Kier molecular flexibility index (Phi) is 2.36. The van der Waals surface area contributed by atoms with Gasteiger partial charge in [-0.25, -0.2) is 0 Å². The van der Waals surface area contributed by atoms with Crippen LogP contribution in [0.4, 0.5) is 0 Å². The van der Waals surface area contributed by atoms with Crippen LogP contribution in [0, 0.1) is 0 Å². The smallest absolute Gasteiger partial charge is 0.163 e. The van der Waals surface area contributed by atoms with E-state index in [1.807, 2.05) is 12.1 Å². The molecule has 2 rings (SSSR count). The van der Waals surface area contributed by atoms with E-state index in [-0.39, 0.29) is 5.78 Å². The minimum absolute atomic E-state index is 0.280. The number of hydrogen-bond donors (Lipinski definition) is 0. The van der Waals surface area contributed by atoms with E-state index in [2.05, 4.69) is 6.07 Å². The summed E-state index contributed by atoms with van der Waals surface area (Å²) in [7, 11) is 0. The maximum atomic E-state index is 11.5. The van der Waals surface area contributed by atoms with Crippen molar-refractivity contribution in [3.63, 3.8) is 0 Å². The molecule has 1 aliphatic rings. The lowest BCUT2D eigenvalue weighted by Gasteiger charge is -2.14. The first-order valence-electron chi connectivity index (χ1n) is 4.52. The van der Waals surface area contributed by atoms with Gasteiger partial charge in [0.2, 0.25) is 0 Å². The molecule has 0 fully saturated rings. The van der Waals surface area contributed by atoms with Crippen molar-refractivity contribution in [3.05, 3.63) is 34.9 Å². The molecule has 0 spiro atoms. The lowest BCUT2D eigenvalue weighted by molar-refractivity contribution is 0.0972. The van der Waals surface area contributed by atoms with Crippen LogP contribution in [-0.4, -0.2) is 5.78 Å². The zero-order valence-electron chi connectivity index (χ0n) is 7.35. The summed E-state index contributed by atoms with van der Waals surface area (Å²) in [4.78, 5) is 11.5. The van der Waals surface area contributed by atoms with Crippen molar-refractivity contribution in [2.24, 2.45) is 0 Å². The highest BCUT2D eigenvalue weighted by Gasteiger charge is 2.16. The summed E-state index contributed by atoms with van der Waals surface area (Å²) in [5.41, 5.74) is 3.18. The summed E-state index contributed by atoms with van der Waals surface area (Å²) in [6.07, 6.45) is 2.70. The Morgan fingerprint density at radius 2 is 2.15 bits per heavy atom. The Morgan fingerprint density at radius 1 is 1.31 bits per heavy atom. The topological polar surface area (TPSA) is 17.1 Å². The molecule has 0 atom stereocenters. The van der Waals surface area contributed by atoms with Crippen LogP contribution in [0.25, 0.3) is 0 Å². The largest absolute Gasteiger partial charge is 0.294 e. The number of alkyl halides is 1. The van der Waals surface area contributed by atoms with Gasteiger partial charge in [0.1, 0.15) is 0 Å². The summed E-state index contributed by atoms with van der Waals surface area (Å²) in [6, 6.07) is 5.91. The minimum Gasteiger partial charge on any atom is -0.294 e. The monoisotopic (exact) mass is 194 g/mol. The number of ketones is 1. The summed E-state index contributed by atoms with van der Waals surface area (Å²) >= 11 is 5.72. The van der Waals surface area contributed by atoms with Crippen LogP contribution in [0.1, 0.15) is 34.3 Å². The van der Waals surface area contributed by atoms with Crippen molar-refractivity contribution in [1.82, 2.24) is 0 Å². The van der Waals surface area contributed by atoms with Gasteiger partial charge in [0.25, 0.3) is 0 Å². The standard InChI is InChI=1S/C11H11ClO/c12-7-8-4-5-10-9(6-8)2-1-3-11(10)13/h4-6H,1-3,7H2. The highest BCUT2D eigenvalue weighted by Crippen LogP contribution is 2.22. The number of carbonyl (C=O) groups excluding carboxylic acids is 1. The molecule has 1 aromatic carbocycles. The van der Waals surface area contributed by atoms with Gasteiger partial charge >= 0.3 is 0 Å². The van der Waals surface area contributed by atoms with Crippen LogP contribution in [0.3, 0.4) is 0 Å². The van der Waals surface area contributed by atoms with Crippen molar-refractivity contribution in [3.8, 4) is 0 Å². The van der Waals surface area contributed by atoms with Crippen LogP contribution in [0.15, 0.2) is 18.2 Å². The Balaban J connectivity index is 2.45. The number of fused-ring (bicyclic) bond motifs is 1. The molecule has 13 heavy (non-hydrogen) atoms. The van der Waals surface area contributed by atoms with Gasteiger partial charge in [-0.05, 0) is 24.0 Å².